The summed E-state index contributed by atoms with van der Waals surface area (Å²) in [4.78, 5) is 17.5. The molecule has 3 aliphatic rings. The lowest BCUT2D eigenvalue weighted by Crippen LogP contribution is -2.58. The molecule has 19 heavy (non-hydrogen) atoms. The predicted octanol–water partition coefficient (Wildman–Crippen LogP) is 0.0485. The van der Waals surface area contributed by atoms with Crippen molar-refractivity contribution in [3.8, 4) is 0 Å². The van der Waals surface area contributed by atoms with E-state index in [4.69, 9.17) is 10.5 Å². The van der Waals surface area contributed by atoms with Gasteiger partial charge in [-0.15, -0.1) is 0 Å². The third-order valence-electron chi connectivity index (χ3n) is 5.17. The van der Waals surface area contributed by atoms with Gasteiger partial charge in [-0.05, 0) is 32.2 Å². The van der Waals surface area contributed by atoms with Crippen molar-refractivity contribution in [1.29, 1.82) is 0 Å². The van der Waals surface area contributed by atoms with E-state index in [1.807, 2.05) is 0 Å². The summed E-state index contributed by atoms with van der Waals surface area (Å²) in [5.74, 6) is 0.282. The maximum Gasteiger partial charge on any atom is 0.230 e. The molecule has 108 valence electrons. The summed E-state index contributed by atoms with van der Waals surface area (Å²) < 4.78 is 5.40. The number of rotatable bonds is 2. The molecule has 3 rings (SSSR count). The average Bonchev–Trinajstić information content (AvgIpc) is 2.94. The highest BCUT2D eigenvalue weighted by Crippen LogP contribution is 2.33. The van der Waals surface area contributed by atoms with Gasteiger partial charge in [-0.2, -0.15) is 0 Å². The van der Waals surface area contributed by atoms with Crippen LogP contribution < -0.4 is 5.73 Å². The van der Waals surface area contributed by atoms with E-state index in [0.29, 0.717) is 25.8 Å². The van der Waals surface area contributed by atoms with Crippen molar-refractivity contribution in [1.82, 2.24) is 9.80 Å². The molecule has 0 aromatic rings. The van der Waals surface area contributed by atoms with Gasteiger partial charge in [0, 0.05) is 45.4 Å². The lowest BCUT2D eigenvalue weighted by molar-refractivity contribution is -0.149. The molecule has 3 aliphatic heterocycles. The van der Waals surface area contributed by atoms with Crippen LogP contribution in [0.5, 0.6) is 0 Å². The minimum Gasteiger partial charge on any atom is -0.381 e. The van der Waals surface area contributed by atoms with Gasteiger partial charge in [-0.3, -0.25) is 9.69 Å². The second kappa shape index (κ2) is 5.38. The summed E-state index contributed by atoms with van der Waals surface area (Å²) in [7, 11) is 0. The number of nitrogens with zero attached hydrogens (tertiary/aromatic N) is 2. The van der Waals surface area contributed by atoms with Crippen LogP contribution in [0, 0.1) is 5.41 Å². The summed E-state index contributed by atoms with van der Waals surface area (Å²) >= 11 is 0. The Balaban J connectivity index is 1.68. The first-order chi connectivity index (χ1) is 9.25. The molecular formula is C14H25N3O2. The third-order valence-corrected chi connectivity index (χ3v) is 5.17. The Hall–Kier alpha value is -0.650. The van der Waals surface area contributed by atoms with Crippen LogP contribution in [0.1, 0.15) is 25.7 Å². The first-order valence-corrected chi connectivity index (χ1v) is 7.56. The number of carbonyl (C=O) groups excluding carboxylic acids is 1. The van der Waals surface area contributed by atoms with Crippen molar-refractivity contribution in [3.05, 3.63) is 0 Å². The zero-order valence-electron chi connectivity index (χ0n) is 11.6. The zero-order chi connectivity index (χ0) is 13.3. The highest BCUT2D eigenvalue weighted by Gasteiger charge is 2.43. The fourth-order valence-corrected chi connectivity index (χ4v) is 3.78. The number of hydrogen-bond donors (Lipinski definition) is 1. The maximum atomic E-state index is 12.9. The standard InChI is InChI=1S/C14H25N3O2/c15-11-14(3-8-19-9-4-14)13(18)17-7-6-16-5-1-2-12(16)10-17/h12H,1-11,15H2. The van der Waals surface area contributed by atoms with Crippen LogP contribution in [0.3, 0.4) is 0 Å². The molecule has 2 N–H and O–H groups in total. The molecular weight excluding hydrogens is 242 g/mol. The number of piperazine rings is 1. The normalized spacial score (nSPS) is 31.2. The fourth-order valence-electron chi connectivity index (χ4n) is 3.78. The van der Waals surface area contributed by atoms with Crippen LogP contribution in [0.15, 0.2) is 0 Å². The third kappa shape index (κ3) is 2.39. The second-order valence-corrected chi connectivity index (χ2v) is 6.18. The fraction of sp³-hybridized carbons (Fsp3) is 0.929. The number of fused-ring (bicyclic) bond motifs is 1. The molecule has 5 heteroatoms. The molecule has 0 aromatic heterocycles. The summed E-state index contributed by atoms with van der Waals surface area (Å²) in [5, 5.41) is 0. The van der Waals surface area contributed by atoms with E-state index in [1.54, 1.807) is 0 Å². The number of amides is 1. The first-order valence-electron chi connectivity index (χ1n) is 7.56. The number of nitrogens with two attached hydrogens (primary N) is 1. The molecule has 0 aliphatic carbocycles. The summed E-state index contributed by atoms with van der Waals surface area (Å²) in [5.41, 5.74) is 5.59. The van der Waals surface area contributed by atoms with Crippen LogP contribution in [-0.4, -0.2) is 67.7 Å². The molecule has 1 atom stereocenters. The Bertz CT molecular complexity index is 342. The van der Waals surface area contributed by atoms with Gasteiger partial charge in [0.05, 0.1) is 5.41 Å². The Kier molecular flexibility index (Phi) is 3.78. The van der Waals surface area contributed by atoms with Gasteiger partial charge in [-0.25, -0.2) is 0 Å². The van der Waals surface area contributed by atoms with E-state index in [1.165, 1.54) is 19.4 Å². The molecule has 3 fully saturated rings. The summed E-state index contributed by atoms with van der Waals surface area (Å²) in [6.07, 6.45) is 4.09. The Morgan fingerprint density at radius 3 is 2.79 bits per heavy atom. The van der Waals surface area contributed by atoms with Crippen LogP contribution in [0.4, 0.5) is 0 Å². The van der Waals surface area contributed by atoms with Gasteiger partial charge in [-0.1, -0.05) is 0 Å². The topological polar surface area (TPSA) is 58.8 Å². The van der Waals surface area contributed by atoms with Crippen molar-refractivity contribution >= 4 is 5.91 Å². The SMILES string of the molecule is NCC1(C(=O)N2CCN3CCCC3C2)CCOCC1. The van der Waals surface area contributed by atoms with Gasteiger partial charge in [0.2, 0.25) is 5.91 Å². The zero-order valence-corrected chi connectivity index (χ0v) is 11.6. The summed E-state index contributed by atoms with van der Waals surface area (Å²) in [6, 6.07) is 0.590. The molecule has 5 nitrogen and oxygen atoms in total. The van der Waals surface area contributed by atoms with Gasteiger partial charge in [0.25, 0.3) is 0 Å². The monoisotopic (exact) mass is 267 g/mol. The van der Waals surface area contributed by atoms with E-state index >= 15 is 0 Å². The highest BCUT2D eigenvalue weighted by atomic mass is 16.5. The van der Waals surface area contributed by atoms with Crippen LogP contribution >= 0.6 is 0 Å². The number of ether oxygens (including phenoxy) is 1. The van der Waals surface area contributed by atoms with E-state index in [9.17, 15) is 4.79 Å². The highest BCUT2D eigenvalue weighted by molar-refractivity contribution is 5.83. The first kappa shape index (κ1) is 13.3. The van der Waals surface area contributed by atoms with Crippen molar-refractivity contribution in [2.24, 2.45) is 11.1 Å². The molecule has 0 aromatic carbocycles. The number of hydrogen-bond acceptors (Lipinski definition) is 4. The average molecular weight is 267 g/mol. The van der Waals surface area contributed by atoms with Crippen LogP contribution in [0.25, 0.3) is 0 Å². The smallest absolute Gasteiger partial charge is 0.230 e. The van der Waals surface area contributed by atoms with Gasteiger partial charge in [0.15, 0.2) is 0 Å². The van der Waals surface area contributed by atoms with E-state index in [2.05, 4.69) is 9.80 Å². The maximum absolute atomic E-state index is 12.9. The Labute approximate surface area is 115 Å². The van der Waals surface area contributed by atoms with Crippen LogP contribution in [-0.2, 0) is 9.53 Å². The molecule has 0 radical (unpaired) electrons. The molecule has 3 saturated heterocycles. The van der Waals surface area contributed by atoms with E-state index in [-0.39, 0.29) is 11.3 Å². The minimum absolute atomic E-state index is 0.282. The molecule has 0 spiro atoms. The molecule has 1 unspecified atom stereocenters. The second-order valence-electron chi connectivity index (χ2n) is 6.18. The van der Waals surface area contributed by atoms with Gasteiger partial charge in [0.1, 0.15) is 0 Å². The lowest BCUT2D eigenvalue weighted by Gasteiger charge is -2.43. The van der Waals surface area contributed by atoms with Crippen LogP contribution in [0.2, 0.25) is 0 Å². The van der Waals surface area contributed by atoms with Crippen molar-refractivity contribution < 1.29 is 9.53 Å². The molecule has 0 bridgehead atoms. The van der Waals surface area contributed by atoms with Crippen molar-refractivity contribution in [3.63, 3.8) is 0 Å². The molecule has 0 saturated carbocycles. The quantitative estimate of drug-likeness (QED) is 0.768. The molecule has 3 heterocycles. The summed E-state index contributed by atoms with van der Waals surface area (Å²) in [6.45, 7) is 5.83. The van der Waals surface area contributed by atoms with Crippen molar-refractivity contribution in [2.75, 3.05) is 45.9 Å². The number of carbonyl (C=O) groups is 1. The molecule has 1 amide bonds. The van der Waals surface area contributed by atoms with Gasteiger partial charge < -0.3 is 15.4 Å². The Morgan fingerprint density at radius 2 is 2.05 bits per heavy atom. The Morgan fingerprint density at radius 1 is 1.26 bits per heavy atom. The van der Waals surface area contributed by atoms with Gasteiger partial charge >= 0.3 is 0 Å². The van der Waals surface area contributed by atoms with Crippen molar-refractivity contribution in [2.45, 2.75) is 31.7 Å². The predicted molar refractivity (Wildman–Crippen MR) is 72.7 cm³/mol. The lowest BCUT2D eigenvalue weighted by atomic mass is 9.78. The largest absolute Gasteiger partial charge is 0.381 e. The van der Waals surface area contributed by atoms with E-state index < -0.39 is 0 Å². The van der Waals surface area contributed by atoms with E-state index in [0.717, 1.165) is 32.5 Å². The minimum atomic E-state index is -0.348.